The van der Waals surface area contributed by atoms with E-state index in [2.05, 4.69) is 19.4 Å². The Kier molecular flexibility index (Phi) is 6.58. The van der Waals surface area contributed by atoms with E-state index in [9.17, 15) is 4.79 Å². The Morgan fingerprint density at radius 3 is 2.38 bits per heavy atom. The number of likely N-dealkylation sites (N-methyl/N-ethyl adjacent to an activating group) is 1. The van der Waals surface area contributed by atoms with Gasteiger partial charge < -0.3 is 15.0 Å². The zero-order chi connectivity index (χ0) is 17.4. The van der Waals surface area contributed by atoms with Gasteiger partial charge in [0.2, 0.25) is 5.91 Å². The van der Waals surface area contributed by atoms with Crippen LogP contribution in [0.15, 0.2) is 60.7 Å². The van der Waals surface area contributed by atoms with Crippen LogP contribution < -0.4 is 15.0 Å². The molecule has 0 aliphatic heterocycles. The van der Waals surface area contributed by atoms with Crippen molar-refractivity contribution in [2.45, 2.75) is 6.04 Å². The zero-order valence-electron chi connectivity index (χ0n) is 14.5. The maximum absolute atomic E-state index is 12.3. The Hall–Kier alpha value is -2.59. The summed E-state index contributed by atoms with van der Waals surface area (Å²) in [5, 5.41) is 3.09. The molecule has 126 valence electrons. The highest BCUT2D eigenvalue weighted by Crippen LogP contribution is 2.13. The molecule has 0 radical (unpaired) electrons. The first kappa shape index (κ1) is 17.8. The number of ether oxygens (including phenoxy) is 1. The normalized spacial score (nSPS) is 12.3. The average Bonchev–Trinajstić information content (AvgIpc) is 2.60. The second-order valence-corrected chi connectivity index (χ2v) is 5.99. The fourth-order valence-corrected chi connectivity index (χ4v) is 2.45. The van der Waals surface area contributed by atoms with E-state index in [0.29, 0.717) is 0 Å². The van der Waals surface area contributed by atoms with Crippen LogP contribution in [-0.2, 0) is 4.79 Å². The molecule has 2 aromatic rings. The highest BCUT2D eigenvalue weighted by Gasteiger charge is 2.16. The lowest BCUT2D eigenvalue weighted by Crippen LogP contribution is -3.06. The Balaban J connectivity index is 2.02. The molecule has 0 unspecified atom stereocenters. The number of carbonyl (C=O) groups is 1. The lowest BCUT2D eigenvalue weighted by atomic mass is 10.1. The third kappa shape index (κ3) is 5.56. The van der Waals surface area contributed by atoms with Crippen LogP contribution in [-0.4, -0.2) is 33.7 Å². The average molecular weight is 325 g/mol. The molecule has 2 N–H and O–H groups in total. The summed E-state index contributed by atoms with van der Waals surface area (Å²) >= 11 is 0. The highest BCUT2D eigenvalue weighted by atomic mass is 16.5. The molecule has 0 bridgehead atoms. The van der Waals surface area contributed by atoms with Crippen molar-refractivity contribution in [2.75, 3.05) is 27.7 Å². The van der Waals surface area contributed by atoms with Crippen molar-refractivity contribution in [3.63, 3.8) is 0 Å². The first-order valence-corrected chi connectivity index (χ1v) is 8.05. The van der Waals surface area contributed by atoms with Crippen LogP contribution in [0.25, 0.3) is 6.08 Å². The van der Waals surface area contributed by atoms with E-state index < -0.39 is 0 Å². The van der Waals surface area contributed by atoms with Crippen molar-refractivity contribution in [3.8, 4) is 5.75 Å². The Bertz CT molecular complexity index is 664. The largest absolute Gasteiger partial charge is 0.497 e. The molecule has 0 fully saturated rings. The molecule has 0 saturated heterocycles. The Morgan fingerprint density at radius 2 is 1.79 bits per heavy atom. The summed E-state index contributed by atoms with van der Waals surface area (Å²) in [5.74, 6) is 0.704. The van der Waals surface area contributed by atoms with Gasteiger partial charge in [-0.2, -0.15) is 0 Å². The van der Waals surface area contributed by atoms with Crippen LogP contribution in [0.3, 0.4) is 0 Å². The van der Waals surface area contributed by atoms with Gasteiger partial charge >= 0.3 is 0 Å². The second-order valence-electron chi connectivity index (χ2n) is 5.99. The first-order chi connectivity index (χ1) is 11.6. The van der Waals surface area contributed by atoms with E-state index in [1.807, 2.05) is 54.6 Å². The monoisotopic (exact) mass is 325 g/mol. The molecule has 0 aliphatic rings. The number of rotatable bonds is 7. The van der Waals surface area contributed by atoms with Crippen LogP contribution in [0.1, 0.15) is 17.2 Å². The topological polar surface area (TPSA) is 42.8 Å². The van der Waals surface area contributed by atoms with E-state index in [1.54, 1.807) is 19.3 Å². The van der Waals surface area contributed by atoms with Gasteiger partial charge in [-0.3, -0.25) is 4.79 Å². The summed E-state index contributed by atoms with van der Waals surface area (Å²) in [4.78, 5) is 13.6. The Morgan fingerprint density at radius 1 is 1.12 bits per heavy atom. The smallest absolute Gasteiger partial charge is 0.244 e. The summed E-state index contributed by atoms with van der Waals surface area (Å²) in [7, 11) is 5.79. The maximum atomic E-state index is 12.3. The van der Waals surface area contributed by atoms with E-state index >= 15 is 0 Å². The third-order valence-corrected chi connectivity index (χ3v) is 3.67. The van der Waals surface area contributed by atoms with Gasteiger partial charge in [-0.05, 0) is 29.3 Å². The van der Waals surface area contributed by atoms with E-state index in [-0.39, 0.29) is 11.9 Å². The van der Waals surface area contributed by atoms with Gasteiger partial charge in [0.05, 0.1) is 21.2 Å². The minimum Gasteiger partial charge on any atom is -0.497 e. The molecule has 4 heteroatoms. The molecular weight excluding hydrogens is 300 g/mol. The van der Waals surface area contributed by atoms with Crippen LogP contribution in [0.4, 0.5) is 0 Å². The van der Waals surface area contributed by atoms with Crippen molar-refractivity contribution in [2.24, 2.45) is 0 Å². The SMILES string of the molecule is COc1ccc(/C=C/C(=O)N[C@H](C[NH+](C)C)c2ccccc2)cc1. The molecule has 2 rings (SSSR count). The predicted molar refractivity (Wildman–Crippen MR) is 97.0 cm³/mol. The Labute approximate surface area is 143 Å². The van der Waals surface area contributed by atoms with Gasteiger partial charge in [-0.25, -0.2) is 0 Å². The van der Waals surface area contributed by atoms with Gasteiger partial charge in [0, 0.05) is 6.08 Å². The van der Waals surface area contributed by atoms with Gasteiger partial charge in [-0.15, -0.1) is 0 Å². The number of hydrogen-bond donors (Lipinski definition) is 2. The third-order valence-electron chi connectivity index (χ3n) is 3.67. The van der Waals surface area contributed by atoms with Crippen LogP contribution >= 0.6 is 0 Å². The van der Waals surface area contributed by atoms with Gasteiger partial charge in [0.25, 0.3) is 0 Å². The van der Waals surface area contributed by atoms with Gasteiger partial charge in [-0.1, -0.05) is 42.5 Å². The van der Waals surface area contributed by atoms with E-state index in [1.165, 1.54) is 4.90 Å². The zero-order valence-corrected chi connectivity index (χ0v) is 14.5. The number of methoxy groups -OCH3 is 1. The fraction of sp³-hybridized carbons (Fsp3) is 0.250. The standard InChI is InChI=1S/C20H24N2O2/c1-22(2)15-19(17-7-5-4-6-8-17)21-20(23)14-11-16-9-12-18(24-3)13-10-16/h4-14,19H,15H2,1-3H3,(H,21,23)/p+1/b14-11+/t19-/m1/s1. The summed E-state index contributed by atoms with van der Waals surface area (Å²) in [5.41, 5.74) is 2.07. The second kappa shape index (κ2) is 8.89. The molecule has 1 atom stereocenters. The molecular formula is C20H25N2O2+. The molecule has 4 nitrogen and oxygen atoms in total. The maximum Gasteiger partial charge on any atom is 0.244 e. The first-order valence-electron chi connectivity index (χ1n) is 8.05. The van der Waals surface area contributed by atoms with Crippen LogP contribution in [0.2, 0.25) is 0 Å². The van der Waals surface area contributed by atoms with Crippen molar-refractivity contribution in [1.29, 1.82) is 0 Å². The summed E-state index contributed by atoms with van der Waals surface area (Å²) in [6, 6.07) is 17.6. The number of carbonyl (C=O) groups excluding carboxylic acids is 1. The molecule has 0 saturated carbocycles. The molecule has 0 spiro atoms. The number of amides is 1. The molecule has 0 aromatic heterocycles. The number of quaternary nitrogens is 1. The quantitative estimate of drug-likeness (QED) is 0.761. The van der Waals surface area contributed by atoms with E-state index in [0.717, 1.165) is 23.4 Å². The number of hydrogen-bond acceptors (Lipinski definition) is 2. The van der Waals surface area contributed by atoms with Crippen molar-refractivity contribution < 1.29 is 14.4 Å². The molecule has 0 heterocycles. The summed E-state index contributed by atoms with van der Waals surface area (Å²) in [6.07, 6.45) is 3.38. The van der Waals surface area contributed by atoms with Gasteiger partial charge in [0.15, 0.2) is 0 Å². The van der Waals surface area contributed by atoms with Crippen LogP contribution in [0.5, 0.6) is 5.75 Å². The summed E-state index contributed by atoms with van der Waals surface area (Å²) in [6.45, 7) is 0.826. The molecule has 0 aliphatic carbocycles. The highest BCUT2D eigenvalue weighted by molar-refractivity contribution is 5.92. The number of benzene rings is 2. The molecule has 1 amide bonds. The molecule has 2 aromatic carbocycles. The van der Waals surface area contributed by atoms with Crippen molar-refractivity contribution in [1.82, 2.24) is 5.32 Å². The van der Waals surface area contributed by atoms with E-state index in [4.69, 9.17) is 4.74 Å². The lowest BCUT2D eigenvalue weighted by Gasteiger charge is -2.20. The predicted octanol–water partition coefficient (Wildman–Crippen LogP) is 1.71. The lowest BCUT2D eigenvalue weighted by molar-refractivity contribution is -0.860. The van der Waals surface area contributed by atoms with Crippen molar-refractivity contribution >= 4 is 12.0 Å². The van der Waals surface area contributed by atoms with Crippen molar-refractivity contribution in [3.05, 3.63) is 71.8 Å². The number of nitrogens with one attached hydrogen (secondary N) is 2. The van der Waals surface area contributed by atoms with Gasteiger partial charge in [0.1, 0.15) is 18.3 Å². The fourth-order valence-electron chi connectivity index (χ4n) is 2.45. The minimum absolute atomic E-state index is 0.00998. The minimum atomic E-state index is -0.0964. The summed E-state index contributed by atoms with van der Waals surface area (Å²) < 4.78 is 5.13. The molecule has 24 heavy (non-hydrogen) atoms. The van der Waals surface area contributed by atoms with Crippen LogP contribution in [0, 0.1) is 0 Å².